The molecule has 0 N–H and O–H groups in total. The fraction of sp³-hybridized carbons (Fsp3) is 0.500. The zero-order valence-corrected chi connectivity index (χ0v) is 11.4. The first kappa shape index (κ1) is 13.8. The van der Waals surface area contributed by atoms with Gasteiger partial charge in [0.05, 0.1) is 0 Å². The highest BCUT2D eigenvalue weighted by atomic mass is 19.1. The van der Waals surface area contributed by atoms with Gasteiger partial charge in [-0.1, -0.05) is 0 Å². The summed E-state index contributed by atoms with van der Waals surface area (Å²) in [6.45, 7) is 5.03. The number of aryl methyl sites for hydroxylation is 1. The van der Waals surface area contributed by atoms with Gasteiger partial charge >= 0.3 is 0 Å². The Bertz CT molecular complexity index is 457. The third kappa shape index (κ3) is 3.67. The van der Waals surface area contributed by atoms with Gasteiger partial charge in [0.25, 0.3) is 5.91 Å². The standard InChI is InChI=1S/C14H19FN2O2/c1-11-9-12(15)3-4-13(11)19-10-14(18)17-7-5-16(2)6-8-17/h3-4,9H,5-8,10H2,1-2H3. The first-order valence-electron chi connectivity index (χ1n) is 6.41. The molecule has 0 radical (unpaired) electrons. The maximum Gasteiger partial charge on any atom is 0.260 e. The van der Waals surface area contributed by atoms with Crippen molar-refractivity contribution in [3.05, 3.63) is 29.6 Å². The largest absolute Gasteiger partial charge is 0.483 e. The zero-order valence-electron chi connectivity index (χ0n) is 11.4. The van der Waals surface area contributed by atoms with Crippen LogP contribution in [0, 0.1) is 12.7 Å². The average molecular weight is 266 g/mol. The van der Waals surface area contributed by atoms with Gasteiger partial charge in [0, 0.05) is 26.2 Å². The summed E-state index contributed by atoms with van der Waals surface area (Å²) in [4.78, 5) is 16.0. The summed E-state index contributed by atoms with van der Waals surface area (Å²) in [6.07, 6.45) is 0. The number of ether oxygens (including phenoxy) is 1. The minimum absolute atomic E-state index is 0.0101. The van der Waals surface area contributed by atoms with Crippen molar-refractivity contribution >= 4 is 5.91 Å². The molecule has 104 valence electrons. The molecule has 0 aliphatic carbocycles. The number of rotatable bonds is 3. The molecule has 0 atom stereocenters. The van der Waals surface area contributed by atoms with Crippen LogP contribution in [-0.4, -0.2) is 55.5 Å². The van der Waals surface area contributed by atoms with E-state index < -0.39 is 0 Å². The van der Waals surface area contributed by atoms with E-state index in [1.54, 1.807) is 17.9 Å². The van der Waals surface area contributed by atoms with Crippen molar-refractivity contribution in [2.75, 3.05) is 39.8 Å². The molecule has 1 aromatic rings. The van der Waals surface area contributed by atoms with E-state index in [0.29, 0.717) is 11.3 Å². The van der Waals surface area contributed by atoms with Gasteiger partial charge in [0.15, 0.2) is 6.61 Å². The van der Waals surface area contributed by atoms with Crippen LogP contribution in [0.25, 0.3) is 0 Å². The van der Waals surface area contributed by atoms with Crippen LogP contribution in [0.2, 0.25) is 0 Å². The van der Waals surface area contributed by atoms with Crippen LogP contribution in [0.4, 0.5) is 4.39 Å². The number of halogens is 1. The quantitative estimate of drug-likeness (QED) is 0.826. The van der Waals surface area contributed by atoms with Gasteiger partial charge in [-0.2, -0.15) is 0 Å². The number of amides is 1. The lowest BCUT2D eigenvalue weighted by molar-refractivity contribution is -0.134. The summed E-state index contributed by atoms with van der Waals surface area (Å²) in [5.74, 6) is 0.246. The predicted octanol–water partition coefficient (Wildman–Crippen LogP) is 1.29. The lowest BCUT2D eigenvalue weighted by Crippen LogP contribution is -2.48. The van der Waals surface area contributed by atoms with Crippen LogP contribution in [0.15, 0.2) is 18.2 Å². The Morgan fingerprint density at radius 1 is 1.32 bits per heavy atom. The molecule has 1 amide bonds. The molecule has 1 aliphatic heterocycles. The van der Waals surface area contributed by atoms with Gasteiger partial charge in [0.1, 0.15) is 11.6 Å². The maximum atomic E-state index is 12.9. The fourth-order valence-electron chi connectivity index (χ4n) is 2.06. The van der Waals surface area contributed by atoms with Crippen LogP contribution in [0.5, 0.6) is 5.75 Å². The molecular weight excluding hydrogens is 247 g/mol. The van der Waals surface area contributed by atoms with Crippen molar-refractivity contribution in [3.63, 3.8) is 0 Å². The van der Waals surface area contributed by atoms with Gasteiger partial charge in [0.2, 0.25) is 0 Å². The molecule has 0 aromatic heterocycles. The number of carbonyl (C=O) groups is 1. The zero-order chi connectivity index (χ0) is 13.8. The summed E-state index contributed by atoms with van der Waals surface area (Å²) < 4.78 is 18.4. The molecule has 0 spiro atoms. The summed E-state index contributed by atoms with van der Waals surface area (Å²) in [5.41, 5.74) is 0.700. The van der Waals surface area contributed by atoms with E-state index in [9.17, 15) is 9.18 Å². The van der Waals surface area contributed by atoms with Crippen LogP contribution in [-0.2, 0) is 4.79 Å². The molecule has 1 saturated heterocycles. The molecular formula is C14H19FN2O2. The summed E-state index contributed by atoms with van der Waals surface area (Å²) in [6, 6.07) is 4.29. The second-order valence-corrected chi connectivity index (χ2v) is 4.88. The summed E-state index contributed by atoms with van der Waals surface area (Å²) >= 11 is 0. The number of hydrogen-bond acceptors (Lipinski definition) is 3. The minimum Gasteiger partial charge on any atom is -0.483 e. The SMILES string of the molecule is Cc1cc(F)ccc1OCC(=O)N1CCN(C)CC1. The van der Waals surface area contributed by atoms with E-state index in [1.165, 1.54) is 12.1 Å². The van der Waals surface area contributed by atoms with E-state index >= 15 is 0 Å². The molecule has 1 aromatic carbocycles. The molecule has 0 bridgehead atoms. The van der Waals surface area contributed by atoms with Gasteiger partial charge < -0.3 is 14.5 Å². The highest BCUT2D eigenvalue weighted by molar-refractivity contribution is 5.77. The van der Waals surface area contributed by atoms with E-state index in [1.807, 2.05) is 7.05 Å². The van der Waals surface area contributed by atoms with Crippen molar-refractivity contribution in [1.29, 1.82) is 0 Å². The van der Waals surface area contributed by atoms with Crippen LogP contribution < -0.4 is 4.74 Å². The van der Waals surface area contributed by atoms with Crippen LogP contribution >= 0.6 is 0 Å². The number of likely N-dealkylation sites (N-methyl/N-ethyl adjacent to an activating group) is 1. The Balaban J connectivity index is 1.86. The smallest absolute Gasteiger partial charge is 0.260 e. The first-order valence-corrected chi connectivity index (χ1v) is 6.41. The Hall–Kier alpha value is -1.62. The molecule has 2 rings (SSSR count). The van der Waals surface area contributed by atoms with Gasteiger partial charge in [-0.25, -0.2) is 4.39 Å². The van der Waals surface area contributed by atoms with Crippen molar-refractivity contribution < 1.29 is 13.9 Å². The number of piperazine rings is 1. The summed E-state index contributed by atoms with van der Waals surface area (Å²) in [7, 11) is 2.04. The molecule has 1 aliphatic rings. The molecule has 5 heteroatoms. The second kappa shape index (κ2) is 6.02. The molecule has 4 nitrogen and oxygen atoms in total. The minimum atomic E-state index is -0.296. The highest BCUT2D eigenvalue weighted by Gasteiger charge is 2.19. The topological polar surface area (TPSA) is 32.8 Å². The number of benzene rings is 1. The van der Waals surface area contributed by atoms with Crippen LogP contribution in [0.1, 0.15) is 5.56 Å². The number of carbonyl (C=O) groups excluding carboxylic acids is 1. The second-order valence-electron chi connectivity index (χ2n) is 4.88. The van der Waals surface area contributed by atoms with Crippen molar-refractivity contribution in [3.8, 4) is 5.75 Å². The number of hydrogen-bond donors (Lipinski definition) is 0. The van der Waals surface area contributed by atoms with Crippen molar-refractivity contribution in [1.82, 2.24) is 9.80 Å². The third-order valence-electron chi connectivity index (χ3n) is 3.34. The van der Waals surface area contributed by atoms with Gasteiger partial charge in [-0.05, 0) is 37.7 Å². The summed E-state index contributed by atoms with van der Waals surface area (Å²) in [5, 5.41) is 0. The molecule has 19 heavy (non-hydrogen) atoms. The molecule has 1 fully saturated rings. The van der Waals surface area contributed by atoms with Crippen LogP contribution in [0.3, 0.4) is 0 Å². The number of nitrogens with zero attached hydrogens (tertiary/aromatic N) is 2. The van der Waals surface area contributed by atoms with E-state index in [0.717, 1.165) is 26.2 Å². The van der Waals surface area contributed by atoms with Crippen molar-refractivity contribution in [2.45, 2.75) is 6.92 Å². The highest BCUT2D eigenvalue weighted by Crippen LogP contribution is 2.18. The van der Waals surface area contributed by atoms with E-state index in [4.69, 9.17) is 4.74 Å². The molecule has 1 heterocycles. The van der Waals surface area contributed by atoms with Gasteiger partial charge in [-0.3, -0.25) is 4.79 Å². The molecule has 0 unspecified atom stereocenters. The van der Waals surface area contributed by atoms with Gasteiger partial charge in [-0.15, -0.1) is 0 Å². The third-order valence-corrected chi connectivity index (χ3v) is 3.34. The predicted molar refractivity (Wildman–Crippen MR) is 70.7 cm³/mol. The van der Waals surface area contributed by atoms with E-state index in [-0.39, 0.29) is 18.3 Å². The Labute approximate surface area is 112 Å². The normalized spacial score (nSPS) is 16.5. The molecule has 0 saturated carbocycles. The maximum absolute atomic E-state index is 12.9. The van der Waals surface area contributed by atoms with E-state index in [2.05, 4.69) is 4.90 Å². The Morgan fingerprint density at radius 3 is 2.63 bits per heavy atom. The average Bonchev–Trinajstić information content (AvgIpc) is 2.38. The fourth-order valence-corrected chi connectivity index (χ4v) is 2.06. The lowest BCUT2D eigenvalue weighted by Gasteiger charge is -2.32. The monoisotopic (exact) mass is 266 g/mol. The Morgan fingerprint density at radius 2 is 2.00 bits per heavy atom. The lowest BCUT2D eigenvalue weighted by atomic mass is 10.2. The Kier molecular flexibility index (Phi) is 4.37. The first-order chi connectivity index (χ1) is 9.06. The van der Waals surface area contributed by atoms with Crippen molar-refractivity contribution in [2.24, 2.45) is 0 Å².